The van der Waals surface area contributed by atoms with Crippen LogP contribution < -0.4 is 4.74 Å². The zero-order valence-electron chi connectivity index (χ0n) is 8.39. The van der Waals surface area contributed by atoms with Crippen LogP contribution in [0.5, 0.6) is 5.75 Å². The van der Waals surface area contributed by atoms with Crippen molar-refractivity contribution in [2.75, 3.05) is 12.4 Å². The highest BCUT2D eigenvalue weighted by molar-refractivity contribution is 8.13. The third kappa shape index (κ3) is 5.01. The molecule has 4 nitrogen and oxygen atoms in total. The van der Waals surface area contributed by atoms with Crippen molar-refractivity contribution in [1.29, 1.82) is 5.26 Å². The molecule has 1 aromatic rings. The standard InChI is InChI=1S/C10H10ClNO3S/c11-16(13,14)6-2-5-15-10-4-1-3-9(7-10)8-12/h1,3-4,7H,2,5-6H2. The second kappa shape index (κ2) is 5.73. The molecular weight excluding hydrogens is 250 g/mol. The van der Waals surface area contributed by atoms with Crippen LogP contribution in [0, 0.1) is 11.3 Å². The quantitative estimate of drug-likeness (QED) is 0.598. The Kier molecular flexibility index (Phi) is 4.59. The zero-order valence-corrected chi connectivity index (χ0v) is 9.96. The van der Waals surface area contributed by atoms with Crippen molar-refractivity contribution in [3.8, 4) is 11.8 Å². The first-order valence-corrected chi connectivity index (χ1v) is 7.04. The van der Waals surface area contributed by atoms with Gasteiger partial charge in [0.25, 0.3) is 0 Å². The SMILES string of the molecule is N#Cc1cccc(OCCCS(=O)(=O)Cl)c1. The molecule has 0 heterocycles. The zero-order chi connectivity index (χ0) is 12.0. The van der Waals surface area contributed by atoms with Gasteiger partial charge in [0, 0.05) is 10.7 Å². The van der Waals surface area contributed by atoms with Crippen LogP contribution in [0.2, 0.25) is 0 Å². The molecule has 0 aliphatic heterocycles. The number of hydrogen-bond acceptors (Lipinski definition) is 4. The van der Waals surface area contributed by atoms with E-state index in [4.69, 9.17) is 20.7 Å². The Bertz CT molecular complexity index is 493. The van der Waals surface area contributed by atoms with E-state index in [-0.39, 0.29) is 12.4 Å². The second-order valence-corrected chi connectivity index (χ2v) is 5.98. The van der Waals surface area contributed by atoms with Gasteiger partial charge >= 0.3 is 0 Å². The minimum atomic E-state index is -3.45. The van der Waals surface area contributed by atoms with Crippen molar-refractivity contribution in [2.24, 2.45) is 0 Å². The molecule has 0 saturated carbocycles. The van der Waals surface area contributed by atoms with Crippen LogP contribution in [0.1, 0.15) is 12.0 Å². The van der Waals surface area contributed by atoms with Crippen LogP contribution in [0.25, 0.3) is 0 Å². The van der Waals surface area contributed by atoms with E-state index in [1.807, 2.05) is 6.07 Å². The van der Waals surface area contributed by atoms with Gasteiger partial charge in [0.15, 0.2) is 0 Å². The molecule has 0 N–H and O–H groups in total. The number of nitrogens with zero attached hydrogens (tertiary/aromatic N) is 1. The summed E-state index contributed by atoms with van der Waals surface area (Å²) in [4.78, 5) is 0. The lowest BCUT2D eigenvalue weighted by molar-refractivity contribution is 0.318. The van der Waals surface area contributed by atoms with Gasteiger partial charge in [-0.1, -0.05) is 6.07 Å². The Morgan fingerprint density at radius 1 is 1.44 bits per heavy atom. The first kappa shape index (κ1) is 12.8. The highest BCUT2D eigenvalue weighted by Gasteiger charge is 2.04. The molecule has 0 radical (unpaired) electrons. The van der Waals surface area contributed by atoms with Crippen LogP contribution >= 0.6 is 10.7 Å². The van der Waals surface area contributed by atoms with Gasteiger partial charge < -0.3 is 4.74 Å². The third-order valence-corrected chi connectivity index (χ3v) is 3.00. The summed E-state index contributed by atoms with van der Waals surface area (Å²) in [6, 6.07) is 8.65. The highest BCUT2D eigenvalue weighted by Crippen LogP contribution is 2.12. The fraction of sp³-hybridized carbons (Fsp3) is 0.300. The lowest BCUT2D eigenvalue weighted by Gasteiger charge is -2.04. The lowest BCUT2D eigenvalue weighted by Crippen LogP contribution is -2.04. The van der Waals surface area contributed by atoms with E-state index in [1.165, 1.54) is 0 Å². The Labute approximate surface area is 98.8 Å². The third-order valence-electron chi connectivity index (χ3n) is 1.76. The number of nitriles is 1. The first-order valence-electron chi connectivity index (χ1n) is 4.56. The molecule has 0 amide bonds. The summed E-state index contributed by atoms with van der Waals surface area (Å²) in [7, 11) is 1.58. The van der Waals surface area contributed by atoms with Crippen LogP contribution in [0.3, 0.4) is 0 Å². The molecule has 0 saturated heterocycles. The number of hydrogen-bond donors (Lipinski definition) is 0. The van der Waals surface area contributed by atoms with Crippen LogP contribution in [0.4, 0.5) is 0 Å². The van der Waals surface area contributed by atoms with Crippen LogP contribution in [0.15, 0.2) is 24.3 Å². The highest BCUT2D eigenvalue weighted by atomic mass is 35.7. The summed E-state index contributed by atoms with van der Waals surface area (Å²) in [5, 5.41) is 8.64. The van der Waals surface area contributed by atoms with Gasteiger partial charge in [-0.3, -0.25) is 0 Å². The average molecular weight is 260 g/mol. The fourth-order valence-electron chi connectivity index (χ4n) is 1.08. The molecule has 1 aromatic carbocycles. The minimum absolute atomic E-state index is 0.119. The van der Waals surface area contributed by atoms with Gasteiger partial charge in [-0.15, -0.1) is 0 Å². The minimum Gasteiger partial charge on any atom is -0.494 e. The number of halogens is 1. The van der Waals surface area contributed by atoms with Gasteiger partial charge in [-0.25, -0.2) is 8.42 Å². The molecule has 6 heteroatoms. The number of benzene rings is 1. The monoisotopic (exact) mass is 259 g/mol. The molecule has 0 aromatic heterocycles. The van der Waals surface area contributed by atoms with Gasteiger partial charge in [0.1, 0.15) is 5.75 Å². The summed E-state index contributed by atoms with van der Waals surface area (Å²) < 4.78 is 26.5. The Morgan fingerprint density at radius 2 is 2.19 bits per heavy atom. The van der Waals surface area contributed by atoms with Crippen LogP contribution in [-0.2, 0) is 9.05 Å². The van der Waals surface area contributed by atoms with Crippen molar-refractivity contribution < 1.29 is 13.2 Å². The molecule has 16 heavy (non-hydrogen) atoms. The number of ether oxygens (including phenoxy) is 1. The van der Waals surface area contributed by atoms with E-state index in [2.05, 4.69) is 0 Å². The topological polar surface area (TPSA) is 67.2 Å². The van der Waals surface area contributed by atoms with Crippen molar-refractivity contribution in [3.63, 3.8) is 0 Å². The maximum atomic E-state index is 10.6. The van der Waals surface area contributed by atoms with Gasteiger partial charge in [0.05, 0.1) is 24.0 Å². The fourth-order valence-corrected chi connectivity index (χ4v) is 1.87. The lowest BCUT2D eigenvalue weighted by atomic mass is 10.2. The molecule has 86 valence electrons. The van der Waals surface area contributed by atoms with Crippen LogP contribution in [-0.4, -0.2) is 20.8 Å². The van der Waals surface area contributed by atoms with Crippen molar-refractivity contribution >= 4 is 19.7 Å². The Morgan fingerprint density at radius 3 is 2.81 bits per heavy atom. The van der Waals surface area contributed by atoms with E-state index in [0.29, 0.717) is 17.7 Å². The summed E-state index contributed by atoms with van der Waals surface area (Å²) in [6.45, 7) is 0.251. The van der Waals surface area contributed by atoms with E-state index in [9.17, 15) is 8.42 Å². The summed E-state index contributed by atoms with van der Waals surface area (Å²) in [6.07, 6.45) is 0.322. The molecule has 1 rings (SSSR count). The van der Waals surface area contributed by atoms with Gasteiger partial charge in [0.2, 0.25) is 9.05 Å². The first-order chi connectivity index (χ1) is 7.51. The molecule has 0 aliphatic carbocycles. The second-order valence-electron chi connectivity index (χ2n) is 3.08. The maximum Gasteiger partial charge on any atom is 0.232 e. The van der Waals surface area contributed by atoms with Gasteiger partial charge in [-0.05, 0) is 24.6 Å². The van der Waals surface area contributed by atoms with E-state index >= 15 is 0 Å². The average Bonchev–Trinajstić information content (AvgIpc) is 2.23. The van der Waals surface area contributed by atoms with E-state index in [0.717, 1.165) is 0 Å². The predicted octanol–water partition coefficient (Wildman–Crippen LogP) is 1.90. The van der Waals surface area contributed by atoms with Gasteiger partial charge in [-0.2, -0.15) is 5.26 Å². The number of rotatable bonds is 5. The molecule has 0 unspecified atom stereocenters. The molecule has 0 aliphatic rings. The summed E-state index contributed by atoms with van der Waals surface area (Å²) >= 11 is 0. The normalized spacial score (nSPS) is 10.8. The Hall–Kier alpha value is -1.25. The maximum absolute atomic E-state index is 10.6. The summed E-state index contributed by atoms with van der Waals surface area (Å²) in [5.74, 6) is 0.429. The largest absolute Gasteiger partial charge is 0.494 e. The Balaban J connectivity index is 2.41. The van der Waals surface area contributed by atoms with E-state index in [1.54, 1.807) is 24.3 Å². The predicted molar refractivity (Wildman–Crippen MR) is 60.9 cm³/mol. The summed E-state index contributed by atoms with van der Waals surface area (Å²) in [5.41, 5.74) is 0.502. The van der Waals surface area contributed by atoms with Crippen molar-refractivity contribution in [2.45, 2.75) is 6.42 Å². The molecule has 0 spiro atoms. The molecule has 0 atom stereocenters. The smallest absolute Gasteiger partial charge is 0.232 e. The van der Waals surface area contributed by atoms with Crippen molar-refractivity contribution in [1.82, 2.24) is 0 Å². The van der Waals surface area contributed by atoms with Crippen molar-refractivity contribution in [3.05, 3.63) is 29.8 Å². The van der Waals surface area contributed by atoms with E-state index < -0.39 is 9.05 Å². The molecule has 0 bridgehead atoms. The molecule has 0 fully saturated rings. The molecular formula is C10H10ClNO3S.